The van der Waals surface area contributed by atoms with Crippen molar-refractivity contribution >= 4 is 16.7 Å². The lowest BCUT2D eigenvalue weighted by atomic mass is 10.1. The van der Waals surface area contributed by atoms with Crippen LogP contribution in [0, 0.1) is 0 Å². The van der Waals surface area contributed by atoms with Gasteiger partial charge in [-0.1, -0.05) is 6.92 Å². The summed E-state index contributed by atoms with van der Waals surface area (Å²) in [6.45, 7) is 4.64. The smallest absolute Gasteiger partial charge is 0.279 e. The van der Waals surface area contributed by atoms with Crippen LogP contribution in [-0.2, 0) is 11.3 Å². The molecule has 2 heterocycles. The van der Waals surface area contributed by atoms with Gasteiger partial charge in [-0.2, -0.15) is 5.10 Å². The summed E-state index contributed by atoms with van der Waals surface area (Å²) in [6.07, 6.45) is 3.79. The summed E-state index contributed by atoms with van der Waals surface area (Å²) in [5.74, 6) is 0.583. The number of nitrogens with zero attached hydrogens (tertiary/aromatic N) is 3. The molecule has 1 aliphatic heterocycles. The Morgan fingerprint density at radius 2 is 2.15 bits per heavy atom. The number of aromatic nitrogens is 2. The number of ether oxygens (including phenoxy) is 2. The van der Waals surface area contributed by atoms with Crippen molar-refractivity contribution in [3.63, 3.8) is 0 Å². The molecule has 0 unspecified atom stereocenters. The number of fused-ring (bicyclic) bond motifs is 1. The van der Waals surface area contributed by atoms with E-state index < -0.39 is 0 Å². The Bertz CT molecular complexity index is 880. The first-order chi connectivity index (χ1) is 13.1. The Labute approximate surface area is 158 Å². The van der Waals surface area contributed by atoms with Crippen molar-refractivity contribution in [1.82, 2.24) is 20.0 Å². The monoisotopic (exact) mass is 374 g/mol. The van der Waals surface area contributed by atoms with Crippen molar-refractivity contribution in [2.45, 2.75) is 32.4 Å². The number of hydrogen-bond donors (Lipinski definition) is 1. The maximum Gasteiger partial charge on any atom is 0.279 e. The minimum absolute atomic E-state index is 0.131. The van der Waals surface area contributed by atoms with E-state index in [1.165, 1.54) is 14.2 Å². The van der Waals surface area contributed by atoms with Gasteiger partial charge in [-0.3, -0.25) is 14.5 Å². The fourth-order valence-corrected chi connectivity index (χ4v) is 3.66. The molecule has 2 aromatic rings. The average Bonchev–Trinajstić information content (AvgIpc) is 3.15. The van der Waals surface area contributed by atoms with Gasteiger partial charge in [-0.05, 0) is 38.1 Å². The minimum atomic E-state index is -0.380. The van der Waals surface area contributed by atoms with Gasteiger partial charge in [-0.15, -0.1) is 0 Å². The van der Waals surface area contributed by atoms with E-state index in [0.717, 1.165) is 30.6 Å². The molecule has 1 aromatic carbocycles. The van der Waals surface area contributed by atoms with Crippen LogP contribution in [0.1, 0.15) is 19.8 Å². The Balaban J connectivity index is 1.77. The van der Waals surface area contributed by atoms with Crippen LogP contribution in [0.2, 0.25) is 0 Å². The Kier molecular flexibility index (Phi) is 5.95. The first-order valence-electron chi connectivity index (χ1n) is 9.20. The third kappa shape index (κ3) is 3.90. The van der Waals surface area contributed by atoms with E-state index in [1.807, 2.05) is 0 Å². The molecule has 0 spiro atoms. The summed E-state index contributed by atoms with van der Waals surface area (Å²) >= 11 is 0. The molecule has 0 saturated carbocycles. The number of nitrogens with one attached hydrogen (secondary N) is 1. The molecule has 1 amide bonds. The summed E-state index contributed by atoms with van der Waals surface area (Å²) < 4.78 is 11.8. The summed E-state index contributed by atoms with van der Waals surface area (Å²) in [6, 6.07) is 3.83. The van der Waals surface area contributed by atoms with Gasteiger partial charge in [-0.25, -0.2) is 4.68 Å². The molecule has 1 atom stereocenters. The molecule has 1 saturated heterocycles. The molecule has 0 aliphatic carbocycles. The highest BCUT2D eigenvalue weighted by molar-refractivity contribution is 5.89. The van der Waals surface area contributed by atoms with Crippen LogP contribution < -0.4 is 20.3 Å². The first kappa shape index (κ1) is 19.2. The molecule has 0 radical (unpaired) electrons. The molecule has 1 fully saturated rings. The molecule has 1 aliphatic rings. The normalized spacial score (nSPS) is 17.2. The Morgan fingerprint density at radius 1 is 1.33 bits per heavy atom. The van der Waals surface area contributed by atoms with Gasteiger partial charge in [0.1, 0.15) is 6.54 Å². The van der Waals surface area contributed by atoms with Crippen molar-refractivity contribution in [2.24, 2.45) is 0 Å². The van der Waals surface area contributed by atoms with Gasteiger partial charge in [0.25, 0.3) is 5.56 Å². The fraction of sp³-hybridized carbons (Fsp3) is 0.526. The van der Waals surface area contributed by atoms with Crippen molar-refractivity contribution < 1.29 is 14.3 Å². The Hall–Kier alpha value is -2.61. The average molecular weight is 374 g/mol. The second-order valence-electron chi connectivity index (χ2n) is 6.60. The molecule has 8 nitrogen and oxygen atoms in total. The minimum Gasteiger partial charge on any atom is -0.493 e. The highest BCUT2D eigenvalue weighted by atomic mass is 16.5. The van der Waals surface area contributed by atoms with Crippen molar-refractivity contribution in [3.8, 4) is 11.5 Å². The highest BCUT2D eigenvalue weighted by Crippen LogP contribution is 2.32. The third-order valence-electron chi connectivity index (χ3n) is 5.10. The van der Waals surface area contributed by atoms with Crippen molar-refractivity contribution in [2.75, 3.05) is 33.9 Å². The number of methoxy groups -OCH3 is 2. The lowest BCUT2D eigenvalue weighted by Crippen LogP contribution is -2.42. The molecule has 27 heavy (non-hydrogen) atoms. The second-order valence-corrected chi connectivity index (χ2v) is 6.60. The number of hydrogen-bond acceptors (Lipinski definition) is 6. The number of carbonyl (C=O) groups is 1. The van der Waals surface area contributed by atoms with Gasteiger partial charge in [0.05, 0.1) is 25.8 Å². The molecule has 1 aromatic heterocycles. The number of amides is 1. The Morgan fingerprint density at radius 3 is 2.85 bits per heavy atom. The molecule has 1 N–H and O–H groups in total. The van der Waals surface area contributed by atoms with Crippen LogP contribution in [0.15, 0.2) is 23.1 Å². The maximum absolute atomic E-state index is 12.8. The van der Waals surface area contributed by atoms with Crippen molar-refractivity contribution in [1.29, 1.82) is 0 Å². The van der Waals surface area contributed by atoms with Gasteiger partial charge < -0.3 is 14.8 Å². The van der Waals surface area contributed by atoms with Gasteiger partial charge in [0.15, 0.2) is 11.5 Å². The van der Waals surface area contributed by atoms with Crippen LogP contribution in [0.25, 0.3) is 10.8 Å². The molecule has 146 valence electrons. The maximum atomic E-state index is 12.8. The lowest BCUT2D eigenvalue weighted by Gasteiger charge is -2.22. The van der Waals surface area contributed by atoms with Crippen LogP contribution in [-0.4, -0.2) is 60.5 Å². The van der Waals surface area contributed by atoms with E-state index in [9.17, 15) is 9.59 Å². The molecule has 0 bridgehead atoms. The molecule has 8 heteroatoms. The van der Waals surface area contributed by atoms with Crippen molar-refractivity contribution in [3.05, 3.63) is 28.7 Å². The van der Waals surface area contributed by atoms with Gasteiger partial charge in [0.2, 0.25) is 5.91 Å². The van der Waals surface area contributed by atoms with Gasteiger partial charge >= 0.3 is 0 Å². The zero-order chi connectivity index (χ0) is 19.4. The second kappa shape index (κ2) is 8.39. The summed E-state index contributed by atoms with van der Waals surface area (Å²) in [5, 5.41) is 8.04. The van der Waals surface area contributed by atoms with Crippen LogP contribution >= 0.6 is 0 Å². The highest BCUT2D eigenvalue weighted by Gasteiger charge is 2.23. The zero-order valence-corrected chi connectivity index (χ0v) is 16.0. The van der Waals surface area contributed by atoms with Crippen LogP contribution in [0.5, 0.6) is 11.5 Å². The molecule has 3 rings (SSSR count). The number of benzene rings is 1. The zero-order valence-electron chi connectivity index (χ0n) is 16.0. The first-order valence-corrected chi connectivity index (χ1v) is 9.20. The SMILES string of the molecule is CCN1CCC[C@H]1CNC(=O)Cn1ncc2ccc(OC)c(OC)c2c1=O. The summed E-state index contributed by atoms with van der Waals surface area (Å²) in [5.41, 5.74) is -0.380. The fourth-order valence-electron chi connectivity index (χ4n) is 3.66. The largest absolute Gasteiger partial charge is 0.493 e. The number of likely N-dealkylation sites (tertiary alicyclic amines) is 1. The van der Waals surface area contributed by atoms with E-state index in [0.29, 0.717) is 34.9 Å². The van der Waals surface area contributed by atoms with Crippen LogP contribution in [0.3, 0.4) is 0 Å². The van der Waals surface area contributed by atoms with Crippen LogP contribution in [0.4, 0.5) is 0 Å². The van der Waals surface area contributed by atoms with E-state index in [-0.39, 0.29) is 18.0 Å². The van der Waals surface area contributed by atoms with E-state index in [1.54, 1.807) is 18.3 Å². The molecular formula is C19H26N4O4. The quantitative estimate of drug-likeness (QED) is 0.779. The number of carbonyl (C=O) groups excluding carboxylic acids is 1. The topological polar surface area (TPSA) is 85.7 Å². The lowest BCUT2D eigenvalue weighted by molar-refractivity contribution is -0.122. The predicted octanol–water partition coefficient (Wildman–Crippen LogP) is 1.01. The van der Waals surface area contributed by atoms with Gasteiger partial charge in [0, 0.05) is 18.0 Å². The summed E-state index contributed by atoms with van der Waals surface area (Å²) in [7, 11) is 2.99. The summed E-state index contributed by atoms with van der Waals surface area (Å²) in [4.78, 5) is 27.6. The van der Waals surface area contributed by atoms with E-state index >= 15 is 0 Å². The third-order valence-corrected chi connectivity index (χ3v) is 5.10. The van der Waals surface area contributed by atoms with E-state index in [2.05, 4.69) is 22.2 Å². The number of rotatable bonds is 7. The standard InChI is InChI=1S/C19H26N4O4/c1-4-22-9-5-6-14(22)11-20-16(24)12-23-19(25)17-13(10-21-23)7-8-15(26-2)18(17)27-3/h7-8,10,14H,4-6,9,11-12H2,1-3H3,(H,20,24)/t14-/m0/s1. The molecular weight excluding hydrogens is 348 g/mol. The predicted molar refractivity (Wildman–Crippen MR) is 102 cm³/mol. The van der Waals surface area contributed by atoms with E-state index in [4.69, 9.17) is 9.47 Å². The number of likely N-dealkylation sites (N-methyl/N-ethyl adjacent to an activating group) is 1.